The minimum absolute atomic E-state index is 0.952. The Morgan fingerprint density at radius 3 is 2.70 bits per heavy atom. The van der Waals surface area contributed by atoms with Gasteiger partial charge < -0.3 is 5.32 Å². The highest BCUT2D eigenvalue weighted by atomic mass is 14.8. The second-order valence-electron chi connectivity index (χ2n) is 2.35. The Bertz CT molecular complexity index is 123. The highest BCUT2D eigenvalue weighted by Crippen LogP contribution is 1.96. The van der Waals surface area contributed by atoms with Gasteiger partial charge in [-0.3, -0.25) is 0 Å². The van der Waals surface area contributed by atoms with Gasteiger partial charge in [0.05, 0.1) is 0 Å². The van der Waals surface area contributed by atoms with Gasteiger partial charge in [-0.15, -0.1) is 0 Å². The zero-order chi connectivity index (χ0) is 7.82. The van der Waals surface area contributed by atoms with Crippen LogP contribution >= 0.6 is 0 Å². The minimum atomic E-state index is 0.952. The molecule has 0 rings (SSSR count). The van der Waals surface area contributed by atoms with Crippen LogP contribution in [0.1, 0.15) is 20.3 Å². The van der Waals surface area contributed by atoms with Gasteiger partial charge >= 0.3 is 0 Å². The van der Waals surface area contributed by atoms with Crippen LogP contribution in [-0.4, -0.2) is 13.6 Å². The largest absolute Gasteiger partial charge is 0.316 e. The number of hydrogen-bond donors (Lipinski definition) is 1. The molecule has 0 amide bonds. The predicted octanol–water partition coefficient (Wildman–Crippen LogP) is 2.12. The van der Waals surface area contributed by atoms with E-state index in [9.17, 15) is 0 Å². The van der Waals surface area contributed by atoms with Crippen molar-refractivity contribution in [2.75, 3.05) is 13.6 Å². The van der Waals surface area contributed by atoms with Gasteiger partial charge in [-0.25, -0.2) is 0 Å². The van der Waals surface area contributed by atoms with Crippen molar-refractivity contribution >= 4 is 0 Å². The summed E-state index contributed by atoms with van der Waals surface area (Å²) >= 11 is 0. The molecule has 0 aliphatic heterocycles. The van der Waals surface area contributed by atoms with Crippen molar-refractivity contribution in [2.24, 2.45) is 0 Å². The molecule has 0 radical (unpaired) electrons. The number of likely N-dealkylation sites (N-methyl/N-ethyl adjacent to an activating group) is 1. The van der Waals surface area contributed by atoms with E-state index in [-0.39, 0.29) is 0 Å². The molecule has 0 spiro atoms. The first-order valence-corrected chi connectivity index (χ1v) is 3.78. The Kier molecular flexibility index (Phi) is 6.19. The molecule has 1 nitrogen and oxygen atoms in total. The molecule has 0 unspecified atom stereocenters. The molecule has 0 atom stereocenters. The smallest absolute Gasteiger partial charge is 0.0134 e. The molecule has 0 aromatic rings. The summed E-state index contributed by atoms with van der Waals surface area (Å²) in [6, 6.07) is 0. The van der Waals surface area contributed by atoms with Crippen LogP contribution in [0.4, 0.5) is 0 Å². The number of rotatable bonds is 4. The van der Waals surface area contributed by atoms with E-state index in [1.165, 1.54) is 5.57 Å². The Labute approximate surface area is 63.8 Å². The Balaban J connectivity index is 3.49. The van der Waals surface area contributed by atoms with Crippen LogP contribution in [0, 0.1) is 0 Å². The van der Waals surface area contributed by atoms with Gasteiger partial charge in [-0.05, 0) is 20.4 Å². The van der Waals surface area contributed by atoms with Crippen LogP contribution in [0.3, 0.4) is 0 Å². The molecule has 0 aliphatic carbocycles. The monoisotopic (exact) mass is 139 g/mol. The van der Waals surface area contributed by atoms with Crippen LogP contribution in [-0.2, 0) is 0 Å². The van der Waals surface area contributed by atoms with Crippen LogP contribution in [0.2, 0.25) is 0 Å². The number of hydrogen-bond acceptors (Lipinski definition) is 1. The molecule has 0 aliphatic rings. The first kappa shape index (κ1) is 9.44. The van der Waals surface area contributed by atoms with Gasteiger partial charge in [0.1, 0.15) is 0 Å². The van der Waals surface area contributed by atoms with E-state index in [0.29, 0.717) is 0 Å². The van der Waals surface area contributed by atoms with Crippen LogP contribution < -0.4 is 5.32 Å². The number of nitrogens with one attached hydrogen (secondary N) is 1. The lowest BCUT2D eigenvalue weighted by Crippen LogP contribution is -2.03. The van der Waals surface area contributed by atoms with Crippen LogP contribution in [0.15, 0.2) is 23.8 Å². The standard InChI is InChI=1S/C9H17N/c1-4-9(2)7-5-6-8-10-3/h5-7,10H,4,8H2,1-3H3/b6-5-,9-7-. The molecule has 10 heavy (non-hydrogen) atoms. The molecule has 0 bridgehead atoms. The van der Waals surface area contributed by atoms with Gasteiger partial charge in [0, 0.05) is 6.54 Å². The van der Waals surface area contributed by atoms with Gasteiger partial charge in [0.15, 0.2) is 0 Å². The van der Waals surface area contributed by atoms with E-state index in [2.05, 4.69) is 37.4 Å². The first-order chi connectivity index (χ1) is 4.81. The average Bonchev–Trinajstić information content (AvgIpc) is 1.98. The summed E-state index contributed by atoms with van der Waals surface area (Å²) in [6.07, 6.45) is 7.50. The quantitative estimate of drug-likeness (QED) is 0.588. The third-order valence-corrected chi connectivity index (χ3v) is 1.40. The Morgan fingerprint density at radius 2 is 2.20 bits per heavy atom. The molecule has 0 saturated carbocycles. The topological polar surface area (TPSA) is 12.0 Å². The van der Waals surface area contributed by atoms with E-state index in [0.717, 1.165) is 13.0 Å². The second-order valence-corrected chi connectivity index (χ2v) is 2.35. The van der Waals surface area contributed by atoms with Gasteiger partial charge in [0.25, 0.3) is 0 Å². The van der Waals surface area contributed by atoms with Crippen molar-refractivity contribution in [3.8, 4) is 0 Å². The highest BCUT2D eigenvalue weighted by Gasteiger charge is 1.77. The molecular formula is C9H17N. The molecule has 0 heterocycles. The van der Waals surface area contributed by atoms with E-state index < -0.39 is 0 Å². The van der Waals surface area contributed by atoms with Crippen molar-refractivity contribution in [1.82, 2.24) is 5.32 Å². The lowest BCUT2D eigenvalue weighted by molar-refractivity contribution is 0.919. The summed E-state index contributed by atoms with van der Waals surface area (Å²) in [6.45, 7) is 5.26. The van der Waals surface area contributed by atoms with Crippen LogP contribution in [0.25, 0.3) is 0 Å². The predicted molar refractivity (Wildman–Crippen MR) is 47.1 cm³/mol. The lowest BCUT2D eigenvalue weighted by Gasteiger charge is -1.89. The molecule has 0 aromatic heterocycles. The maximum Gasteiger partial charge on any atom is 0.0134 e. The van der Waals surface area contributed by atoms with E-state index in [4.69, 9.17) is 0 Å². The normalized spacial score (nSPS) is 12.9. The molecule has 1 heteroatoms. The van der Waals surface area contributed by atoms with Crippen molar-refractivity contribution < 1.29 is 0 Å². The lowest BCUT2D eigenvalue weighted by atomic mass is 10.2. The zero-order valence-corrected chi connectivity index (χ0v) is 7.15. The van der Waals surface area contributed by atoms with Crippen molar-refractivity contribution in [2.45, 2.75) is 20.3 Å². The third-order valence-electron chi connectivity index (χ3n) is 1.40. The molecule has 1 N–H and O–H groups in total. The summed E-state index contributed by atoms with van der Waals surface area (Å²) < 4.78 is 0. The summed E-state index contributed by atoms with van der Waals surface area (Å²) in [5.74, 6) is 0. The maximum atomic E-state index is 3.04. The second kappa shape index (κ2) is 6.56. The van der Waals surface area contributed by atoms with Gasteiger partial charge in [0.2, 0.25) is 0 Å². The SMILES string of the molecule is CC/C(C)=C\C=C/CNC. The molecule has 0 aromatic carbocycles. The van der Waals surface area contributed by atoms with E-state index in [1.54, 1.807) is 0 Å². The summed E-state index contributed by atoms with van der Waals surface area (Å²) in [4.78, 5) is 0. The fourth-order valence-electron chi connectivity index (χ4n) is 0.536. The average molecular weight is 139 g/mol. The van der Waals surface area contributed by atoms with Crippen molar-refractivity contribution in [3.05, 3.63) is 23.8 Å². The van der Waals surface area contributed by atoms with Crippen molar-refractivity contribution in [1.29, 1.82) is 0 Å². The third kappa shape index (κ3) is 5.57. The number of allylic oxidation sites excluding steroid dienone is 3. The zero-order valence-electron chi connectivity index (χ0n) is 7.15. The fraction of sp³-hybridized carbons (Fsp3) is 0.556. The van der Waals surface area contributed by atoms with Gasteiger partial charge in [-0.1, -0.05) is 30.7 Å². The van der Waals surface area contributed by atoms with Gasteiger partial charge in [-0.2, -0.15) is 0 Å². The van der Waals surface area contributed by atoms with E-state index >= 15 is 0 Å². The summed E-state index contributed by atoms with van der Waals surface area (Å²) in [7, 11) is 1.95. The molecular weight excluding hydrogens is 122 g/mol. The maximum absolute atomic E-state index is 3.04. The fourth-order valence-corrected chi connectivity index (χ4v) is 0.536. The summed E-state index contributed by atoms with van der Waals surface area (Å²) in [5.41, 5.74) is 1.42. The van der Waals surface area contributed by atoms with E-state index in [1.807, 2.05) is 7.05 Å². The molecule has 0 fully saturated rings. The summed E-state index contributed by atoms with van der Waals surface area (Å²) in [5, 5.41) is 3.04. The van der Waals surface area contributed by atoms with Crippen molar-refractivity contribution in [3.63, 3.8) is 0 Å². The molecule has 0 saturated heterocycles. The Morgan fingerprint density at radius 1 is 1.50 bits per heavy atom. The van der Waals surface area contributed by atoms with Crippen LogP contribution in [0.5, 0.6) is 0 Å². The minimum Gasteiger partial charge on any atom is -0.316 e. The molecule has 58 valence electrons. The highest BCUT2D eigenvalue weighted by molar-refractivity contribution is 5.10. The first-order valence-electron chi connectivity index (χ1n) is 3.78. The Hall–Kier alpha value is -0.560.